The number of para-hydroxylation sites is 1. The lowest BCUT2D eigenvalue weighted by atomic mass is 9.90. The number of fused-ring (bicyclic) bond motifs is 1. The molecule has 0 saturated heterocycles. The summed E-state index contributed by atoms with van der Waals surface area (Å²) in [6.45, 7) is 8.94. The molecule has 23 heavy (non-hydrogen) atoms. The molecule has 4 heteroatoms. The molecule has 1 unspecified atom stereocenters. The molecule has 0 fully saturated rings. The summed E-state index contributed by atoms with van der Waals surface area (Å²) in [5.74, 6) is -0.749. The highest BCUT2D eigenvalue weighted by Gasteiger charge is 2.36. The number of aliphatic carboxylic acids is 1. The van der Waals surface area contributed by atoms with E-state index in [9.17, 15) is 9.90 Å². The lowest BCUT2D eigenvalue weighted by Crippen LogP contribution is -2.53. The molecule has 1 atom stereocenters. The Morgan fingerprint density at radius 3 is 2.74 bits per heavy atom. The maximum Gasteiger partial charge on any atom is 0.321 e. The zero-order valence-electron chi connectivity index (χ0n) is 14.2. The van der Waals surface area contributed by atoms with E-state index in [0.717, 1.165) is 16.7 Å². The number of hydrogen-bond acceptors (Lipinski definition) is 2. The van der Waals surface area contributed by atoms with Crippen LogP contribution < -0.4 is 0 Å². The van der Waals surface area contributed by atoms with Gasteiger partial charge in [-0.2, -0.15) is 0 Å². The van der Waals surface area contributed by atoms with Gasteiger partial charge in [-0.25, -0.2) is 0 Å². The van der Waals surface area contributed by atoms with E-state index in [1.54, 1.807) is 0 Å². The van der Waals surface area contributed by atoms with Crippen LogP contribution in [-0.2, 0) is 4.79 Å². The summed E-state index contributed by atoms with van der Waals surface area (Å²) < 4.78 is 0. The summed E-state index contributed by atoms with van der Waals surface area (Å²) in [6.07, 6.45) is 4.72. The molecule has 0 aliphatic carbocycles. The van der Waals surface area contributed by atoms with Crippen LogP contribution in [0.3, 0.4) is 0 Å². The van der Waals surface area contributed by atoms with Crippen LogP contribution >= 0.6 is 0 Å². The normalized spacial score (nSPS) is 19.8. The predicted octanol–water partition coefficient (Wildman–Crippen LogP) is 3.82. The van der Waals surface area contributed by atoms with E-state index in [-0.39, 0.29) is 5.54 Å². The number of aryl methyl sites for hydroxylation is 1. The van der Waals surface area contributed by atoms with Gasteiger partial charge in [0.05, 0.1) is 0 Å². The number of rotatable bonds is 2. The van der Waals surface area contributed by atoms with Crippen molar-refractivity contribution >= 4 is 22.4 Å². The maximum absolute atomic E-state index is 11.8. The van der Waals surface area contributed by atoms with Crippen LogP contribution in [-0.4, -0.2) is 39.1 Å². The Balaban J connectivity index is 2.02. The van der Waals surface area contributed by atoms with Gasteiger partial charge in [0.15, 0.2) is 0 Å². The van der Waals surface area contributed by atoms with Crippen molar-refractivity contribution in [1.29, 1.82) is 0 Å². The SMILES string of the molecule is Cc1cccc2c(C3=CCN(C(C)(C)C)C(C(=O)O)C3)c[nH]c12. The van der Waals surface area contributed by atoms with Crippen LogP contribution in [0, 0.1) is 6.92 Å². The minimum absolute atomic E-state index is 0.165. The number of H-pyrrole nitrogens is 1. The standard InChI is InChI=1S/C19H24N2O2/c1-12-6-5-7-14-15(11-20-17(12)14)13-8-9-21(19(2,3)4)16(10-13)18(22)23/h5-8,11,16,20H,9-10H2,1-4H3,(H,22,23). The van der Waals surface area contributed by atoms with E-state index in [0.29, 0.717) is 13.0 Å². The Hall–Kier alpha value is -2.07. The van der Waals surface area contributed by atoms with Crippen LogP contribution in [0.15, 0.2) is 30.5 Å². The summed E-state index contributed by atoms with van der Waals surface area (Å²) in [4.78, 5) is 17.2. The molecular formula is C19H24N2O2. The molecule has 2 aromatic rings. The molecule has 122 valence electrons. The minimum atomic E-state index is -0.749. The Bertz CT molecular complexity index is 780. The number of carboxylic acids is 1. The molecular weight excluding hydrogens is 288 g/mol. The third-order valence-electron chi connectivity index (χ3n) is 4.74. The highest BCUT2D eigenvalue weighted by molar-refractivity contribution is 5.95. The van der Waals surface area contributed by atoms with Crippen LogP contribution in [0.5, 0.6) is 0 Å². The fraction of sp³-hybridized carbons (Fsp3) is 0.421. The second-order valence-corrected chi connectivity index (χ2v) is 7.31. The minimum Gasteiger partial charge on any atom is -0.480 e. The van der Waals surface area contributed by atoms with Crippen LogP contribution in [0.1, 0.15) is 38.3 Å². The van der Waals surface area contributed by atoms with Gasteiger partial charge < -0.3 is 10.1 Å². The lowest BCUT2D eigenvalue weighted by Gasteiger charge is -2.42. The molecule has 3 rings (SSSR count). The molecule has 1 aromatic heterocycles. The number of carboxylic acid groups (broad SMARTS) is 1. The third kappa shape index (κ3) is 2.79. The zero-order valence-corrected chi connectivity index (χ0v) is 14.2. The monoisotopic (exact) mass is 312 g/mol. The number of nitrogens with one attached hydrogen (secondary N) is 1. The molecule has 0 saturated carbocycles. The van der Waals surface area contributed by atoms with Crippen LogP contribution in [0.25, 0.3) is 16.5 Å². The molecule has 2 N–H and O–H groups in total. The first-order valence-corrected chi connectivity index (χ1v) is 8.04. The van der Waals surface area contributed by atoms with E-state index >= 15 is 0 Å². The first-order valence-electron chi connectivity index (χ1n) is 8.04. The molecule has 2 heterocycles. The molecule has 0 bridgehead atoms. The van der Waals surface area contributed by atoms with E-state index in [1.807, 2.05) is 6.20 Å². The van der Waals surface area contributed by atoms with Crippen molar-refractivity contribution in [2.24, 2.45) is 0 Å². The summed E-state index contributed by atoms with van der Waals surface area (Å²) >= 11 is 0. The van der Waals surface area contributed by atoms with Gasteiger partial charge in [0.2, 0.25) is 0 Å². The fourth-order valence-corrected chi connectivity index (χ4v) is 3.49. The van der Waals surface area contributed by atoms with Crippen LogP contribution in [0.4, 0.5) is 0 Å². The summed E-state index contributed by atoms with van der Waals surface area (Å²) in [6, 6.07) is 5.75. The third-order valence-corrected chi connectivity index (χ3v) is 4.74. The van der Waals surface area contributed by atoms with Gasteiger partial charge >= 0.3 is 5.97 Å². The van der Waals surface area contributed by atoms with E-state index in [2.05, 4.69) is 61.9 Å². The first kappa shape index (κ1) is 15.8. The smallest absolute Gasteiger partial charge is 0.321 e. The zero-order chi connectivity index (χ0) is 16.8. The first-order chi connectivity index (χ1) is 10.8. The topological polar surface area (TPSA) is 56.3 Å². The second-order valence-electron chi connectivity index (χ2n) is 7.31. The molecule has 1 aliphatic heterocycles. The second kappa shape index (κ2) is 5.53. The quantitative estimate of drug-likeness (QED) is 0.886. The molecule has 4 nitrogen and oxygen atoms in total. The van der Waals surface area contributed by atoms with Gasteiger partial charge in [0.25, 0.3) is 0 Å². The predicted molar refractivity (Wildman–Crippen MR) is 93.5 cm³/mol. The number of hydrogen-bond donors (Lipinski definition) is 2. The number of aromatic amines is 1. The van der Waals surface area contributed by atoms with Crippen molar-refractivity contribution in [2.75, 3.05) is 6.54 Å². The van der Waals surface area contributed by atoms with Gasteiger partial charge in [-0.15, -0.1) is 0 Å². The highest BCUT2D eigenvalue weighted by atomic mass is 16.4. The number of aromatic nitrogens is 1. The van der Waals surface area contributed by atoms with Gasteiger partial charge in [0.1, 0.15) is 6.04 Å². The molecule has 0 amide bonds. The van der Waals surface area contributed by atoms with Crippen molar-refractivity contribution in [1.82, 2.24) is 9.88 Å². The molecule has 1 aromatic carbocycles. The lowest BCUT2D eigenvalue weighted by molar-refractivity contribution is -0.145. The Morgan fingerprint density at radius 2 is 2.09 bits per heavy atom. The number of nitrogens with zero attached hydrogens (tertiary/aromatic N) is 1. The Kier molecular flexibility index (Phi) is 3.80. The van der Waals surface area contributed by atoms with Gasteiger partial charge in [-0.3, -0.25) is 9.69 Å². The Labute approximate surface area is 136 Å². The van der Waals surface area contributed by atoms with Crippen molar-refractivity contribution in [3.63, 3.8) is 0 Å². The molecule has 0 radical (unpaired) electrons. The summed E-state index contributed by atoms with van der Waals surface area (Å²) in [5.41, 5.74) is 4.42. The van der Waals surface area contributed by atoms with Gasteiger partial charge in [0, 0.05) is 34.7 Å². The Morgan fingerprint density at radius 1 is 1.35 bits per heavy atom. The largest absolute Gasteiger partial charge is 0.480 e. The number of carbonyl (C=O) groups is 1. The van der Waals surface area contributed by atoms with E-state index in [1.165, 1.54) is 10.9 Å². The summed E-state index contributed by atoms with van der Waals surface area (Å²) in [5, 5.41) is 10.8. The van der Waals surface area contributed by atoms with E-state index in [4.69, 9.17) is 0 Å². The molecule has 1 aliphatic rings. The average molecular weight is 312 g/mol. The van der Waals surface area contributed by atoms with Crippen molar-refractivity contribution in [3.05, 3.63) is 41.6 Å². The summed E-state index contributed by atoms with van der Waals surface area (Å²) in [7, 11) is 0. The maximum atomic E-state index is 11.8. The van der Waals surface area contributed by atoms with Crippen molar-refractivity contribution < 1.29 is 9.90 Å². The van der Waals surface area contributed by atoms with Gasteiger partial charge in [-0.05, 0) is 45.3 Å². The fourth-order valence-electron chi connectivity index (χ4n) is 3.49. The molecule has 0 spiro atoms. The average Bonchev–Trinajstić information content (AvgIpc) is 2.91. The highest BCUT2D eigenvalue weighted by Crippen LogP contribution is 2.34. The van der Waals surface area contributed by atoms with Crippen LogP contribution in [0.2, 0.25) is 0 Å². The van der Waals surface area contributed by atoms with Gasteiger partial charge in [-0.1, -0.05) is 24.3 Å². The van der Waals surface area contributed by atoms with E-state index < -0.39 is 12.0 Å². The van der Waals surface area contributed by atoms with Crippen molar-refractivity contribution in [2.45, 2.75) is 45.7 Å². The number of benzene rings is 1. The van der Waals surface area contributed by atoms with Crippen molar-refractivity contribution in [3.8, 4) is 0 Å².